The molecule has 1 N–H and O–H groups in total. The molecule has 1 aliphatic heterocycles. The van der Waals surface area contributed by atoms with Crippen LogP contribution in [0.25, 0.3) is 0 Å². The van der Waals surface area contributed by atoms with E-state index in [9.17, 15) is 4.39 Å². The molecule has 0 spiro atoms. The van der Waals surface area contributed by atoms with Gasteiger partial charge >= 0.3 is 0 Å². The molecule has 1 aromatic heterocycles. The van der Waals surface area contributed by atoms with Crippen LogP contribution in [0.4, 0.5) is 10.1 Å². The fraction of sp³-hybridized carbons (Fsp3) is 0.444. The first-order chi connectivity index (χ1) is 12.3. The summed E-state index contributed by atoms with van der Waals surface area (Å²) in [5.74, 6) is 0.755. The Morgan fingerprint density at radius 3 is 2.68 bits per heavy atom. The van der Waals surface area contributed by atoms with E-state index in [0.29, 0.717) is 5.69 Å². The molecule has 1 fully saturated rings. The molecular formula is C18H25FN6. The number of nitrogens with zero attached hydrogens (tertiary/aromatic N) is 5. The summed E-state index contributed by atoms with van der Waals surface area (Å²) < 4.78 is 15.8. The summed E-state index contributed by atoms with van der Waals surface area (Å²) in [5, 5.41) is 7.61. The van der Waals surface area contributed by atoms with Gasteiger partial charge in [-0.05, 0) is 24.6 Å². The lowest BCUT2D eigenvalue weighted by atomic mass is 10.2. The van der Waals surface area contributed by atoms with E-state index in [4.69, 9.17) is 0 Å². The van der Waals surface area contributed by atoms with Crippen LogP contribution in [0.3, 0.4) is 0 Å². The maximum absolute atomic E-state index is 13.9. The molecule has 25 heavy (non-hydrogen) atoms. The van der Waals surface area contributed by atoms with E-state index in [-0.39, 0.29) is 5.82 Å². The molecule has 6 nitrogen and oxygen atoms in total. The fourth-order valence-electron chi connectivity index (χ4n) is 3.07. The zero-order valence-electron chi connectivity index (χ0n) is 14.6. The summed E-state index contributed by atoms with van der Waals surface area (Å²) >= 11 is 0. The van der Waals surface area contributed by atoms with Crippen molar-refractivity contribution in [1.29, 1.82) is 0 Å². The first-order valence-corrected chi connectivity index (χ1v) is 8.70. The molecule has 0 unspecified atom stereocenters. The maximum atomic E-state index is 13.9. The van der Waals surface area contributed by atoms with Crippen LogP contribution in [0.2, 0.25) is 0 Å². The van der Waals surface area contributed by atoms with E-state index in [2.05, 4.69) is 25.2 Å². The number of piperazine rings is 1. The molecule has 2 heterocycles. The number of hydrogen-bond donors (Lipinski definition) is 1. The highest BCUT2D eigenvalue weighted by Crippen LogP contribution is 2.20. The minimum absolute atomic E-state index is 0.155. The average Bonchev–Trinajstić information content (AvgIpc) is 3.16. The van der Waals surface area contributed by atoms with Gasteiger partial charge in [0.15, 0.2) is 5.96 Å². The molecule has 134 valence electrons. The number of halogens is 1. The fourth-order valence-corrected chi connectivity index (χ4v) is 3.07. The van der Waals surface area contributed by atoms with Gasteiger partial charge < -0.3 is 15.1 Å². The third-order valence-corrected chi connectivity index (χ3v) is 4.39. The first kappa shape index (κ1) is 17.3. The highest BCUT2D eigenvalue weighted by Gasteiger charge is 2.21. The van der Waals surface area contributed by atoms with Crippen molar-refractivity contribution in [2.45, 2.75) is 13.0 Å². The Balaban J connectivity index is 1.45. The molecule has 1 saturated heterocycles. The van der Waals surface area contributed by atoms with E-state index in [1.165, 1.54) is 6.07 Å². The smallest absolute Gasteiger partial charge is 0.193 e. The number of aromatic nitrogens is 2. The van der Waals surface area contributed by atoms with Crippen molar-refractivity contribution in [2.75, 3.05) is 44.7 Å². The second-order valence-corrected chi connectivity index (χ2v) is 6.02. The lowest BCUT2D eigenvalue weighted by molar-refractivity contribution is 0.370. The molecule has 0 saturated carbocycles. The summed E-state index contributed by atoms with van der Waals surface area (Å²) in [6, 6.07) is 8.89. The standard InChI is InChI=1S/C18H25FN6/c1-20-18(21-8-4-10-25-11-5-9-22-25)24-14-12-23(13-15-24)17-7-3-2-6-16(17)19/h2-3,5-7,9,11H,4,8,10,12-15H2,1H3,(H,20,21). The summed E-state index contributed by atoms with van der Waals surface area (Å²) in [5.41, 5.74) is 0.685. The van der Waals surface area contributed by atoms with Crippen LogP contribution in [0.15, 0.2) is 47.7 Å². The van der Waals surface area contributed by atoms with Crippen molar-refractivity contribution in [1.82, 2.24) is 20.0 Å². The number of aliphatic imine (C=N–C) groups is 1. The molecule has 7 heteroatoms. The molecule has 0 aliphatic carbocycles. The van der Waals surface area contributed by atoms with Crippen LogP contribution < -0.4 is 10.2 Å². The van der Waals surface area contributed by atoms with Crippen LogP contribution in [-0.4, -0.2) is 60.4 Å². The lowest BCUT2D eigenvalue weighted by Gasteiger charge is -2.37. The number of nitrogens with one attached hydrogen (secondary N) is 1. The molecule has 0 radical (unpaired) electrons. The highest BCUT2D eigenvalue weighted by molar-refractivity contribution is 5.80. The minimum Gasteiger partial charge on any atom is -0.366 e. The molecular weight excluding hydrogens is 319 g/mol. The topological polar surface area (TPSA) is 48.7 Å². The van der Waals surface area contributed by atoms with Gasteiger partial charge in [-0.2, -0.15) is 5.10 Å². The zero-order valence-corrected chi connectivity index (χ0v) is 14.6. The third kappa shape index (κ3) is 4.49. The van der Waals surface area contributed by atoms with Gasteiger partial charge in [0.05, 0.1) is 5.69 Å². The van der Waals surface area contributed by atoms with Gasteiger partial charge in [-0.15, -0.1) is 0 Å². The van der Waals surface area contributed by atoms with E-state index in [1.54, 1.807) is 19.3 Å². The number of rotatable bonds is 5. The van der Waals surface area contributed by atoms with Crippen molar-refractivity contribution in [2.24, 2.45) is 4.99 Å². The second kappa shape index (κ2) is 8.50. The van der Waals surface area contributed by atoms with E-state index in [1.807, 2.05) is 29.1 Å². The zero-order chi connectivity index (χ0) is 17.5. The first-order valence-electron chi connectivity index (χ1n) is 8.70. The largest absolute Gasteiger partial charge is 0.366 e. The molecule has 2 aromatic rings. The van der Waals surface area contributed by atoms with Crippen molar-refractivity contribution in [3.05, 3.63) is 48.5 Å². The summed E-state index contributed by atoms with van der Waals surface area (Å²) in [6.07, 6.45) is 4.74. The average molecular weight is 344 g/mol. The maximum Gasteiger partial charge on any atom is 0.193 e. The monoisotopic (exact) mass is 344 g/mol. The van der Waals surface area contributed by atoms with Gasteiger partial charge in [0.25, 0.3) is 0 Å². The van der Waals surface area contributed by atoms with Gasteiger partial charge in [-0.25, -0.2) is 4.39 Å². The van der Waals surface area contributed by atoms with Gasteiger partial charge in [-0.1, -0.05) is 12.1 Å². The van der Waals surface area contributed by atoms with Crippen LogP contribution in [0.5, 0.6) is 0 Å². The predicted molar refractivity (Wildman–Crippen MR) is 98.4 cm³/mol. The summed E-state index contributed by atoms with van der Waals surface area (Å²) in [6.45, 7) is 4.96. The van der Waals surface area contributed by atoms with Crippen molar-refractivity contribution in [3.63, 3.8) is 0 Å². The molecule has 3 rings (SSSR count). The Morgan fingerprint density at radius 1 is 1.20 bits per heavy atom. The van der Waals surface area contributed by atoms with E-state index in [0.717, 1.165) is 51.6 Å². The number of aryl methyl sites for hydroxylation is 1. The van der Waals surface area contributed by atoms with Crippen LogP contribution >= 0.6 is 0 Å². The second-order valence-electron chi connectivity index (χ2n) is 6.02. The minimum atomic E-state index is -0.155. The van der Waals surface area contributed by atoms with Crippen molar-refractivity contribution >= 4 is 11.6 Å². The summed E-state index contributed by atoms with van der Waals surface area (Å²) in [7, 11) is 1.80. The van der Waals surface area contributed by atoms with Gasteiger partial charge in [0, 0.05) is 58.7 Å². The van der Waals surface area contributed by atoms with Crippen molar-refractivity contribution < 1.29 is 4.39 Å². The Kier molecular flexibility index (Phi) is 5.87. The Labute approximate surface area is 148 Å². The van der Waals surface area contributed by atoms with Crippen LogP contribution in [0, 0.1) is 5.82 Å². The Hall–Kier alpha value is -2.57. The SMILES string of the molecule is CN=C(NCCCn1cccn1)N1CCN(c2ccccc2F)CC1. The van der Waals surface area contributed by atoms with Gasteiger partial charge in [0.2, 0.25) is 0 Å². The number of hydrogen-bond acceptors (Lipinski definition) is 3. The Morgan fingerprint density at radius 2 is 2.00 bits per heavy atom. The van der Waals surface area contributed by atoms with E-state index >= 15 is 0 Å². The summed E-state index contributed by atoms with van der Waals surface area (Å²) in [4.78, 5) is 8.70. The highest BCUT2D eigenvalue weighted by atomic mass is 19.1. The quantitative estimate of drug-likeness (QED) is 0.511. The number of anilines is 1. The molecule has 0 bridgehead atoms. The van der Waals surface area contributed by atoms with Crippen molar-refractivity contribution in [3.8, 4) is 0 Å². The Bertz CT molecular complexity index is 677. The molecule has 1 aliphatic rings. The van der Waals surface area contributed by atoms with Gasteiger partial charge in [-0.3, -0.25) is 9.67 Å². The van der Waals surface area contributed by atoms with Crippen LogP contribution in [-0.2, 0) is 6.54 Å². The molecule has 1 aromatic carbocycles. The lowest BCUT2D eigenvalue weighted by Crippen LogP contribution is -2.52. The number of benzene rings is 1. The molecule has 0 atom stereocenters. The predicted octanol–water partition coefficient (Wildman–Crippen LogP) is 1.81. The van der Waals surface area contributed by atoms with Gasteiger partial charge in [0.1, 0.15) is 5.82 Å². The normalized spacial score (nSPS) is 15.5. The third-order valence-electron chi connectivity index (χ3n) is 4.39. The van der Waals surface area contributed by atoms with Crippen LogP contribution in [0.1, 0.15) is 6.42 Å². The van der Waals surface area contributed by atoms with E-state index < -0.39 is 0 Å². The number of guanidine groups is 1. The molecule has 0 amide bonds. The number of para-hydroxylation sites is 1.